The SMILES string of the molecule is COC[C@H](N)c1ccc(C)cc1O. The average Bonchev–Trinajstić information content (AvgIpc) is 2.04. The van der Waals surface area contributed by atoms with Crippen LogP contribution >= 0.6 is 0 Å². The Morgan fingerprint density at radius 3 is 2.77 bits per heavy atom. The highest BCUT2D eigenvalue weighted by molar-refractivity contribution is 5.37. The number of nitrogens with two attached hydrogens (primary N) is 1. The first-order valence-electron chi connectivity index (χ1n) is 4.19. The van der Waals surface area contributed by atoms with Crippen molar-refractivity contribution in [2.45, 2.75) is 13.0 Å². The Kier molecular flexibility index (Phi) is 3.28. The van der Waals surface area contributed by atoms with Gasteiger partial charge in [0.15, 0.2) is 0 Å². The quantitative estimate of drug-likeness (QED) is 0.740. The maximum absolute atomic E-state index is 9.55. The number of hydrogen-bond acceptors (Lipinski definition) is 3. The predicted octanol–water partition coefficient (Wildman–Crippen LogP) is 1.35. The van der Waals surface area contributed by atoms with Crippen molar-refractivity contribution in [2.24, 2.45) is 5.73 Å². The van der Waals surface area contributed by atoms with E-state index in [1.54, 1.807) is 13.2 Å². The molecular formula is C10H15NO2. The van der Waals surface area contributed by atoms with E-state index in [-0.39, 0.29) is 11.8 Å². The minimum Gasteiger partial charge on any atom is -0.508 e. The van der Waals surface area contributed by atoms with E-state index >= 15 is 0 Å². The lowest BCUT2D eigenvalue weighted by Gasteiger charge is -2.12. The van der Waals surface area contributed by atoms with Crippen molar-refractivity contribution < 1.29 is 9.84 Å². The summed E-state index contributed by atoms with van der Waals surface area (Å²) in [6, 6.07) is 5.19. The van der Waals surface area contributed by atoms with Gasteiger partial charge in [0.25, 0.3) is 0 Å². The highest BCUT2D eigenvalue weighted by Crippen LogP contribution is 2.23. The maximum atomic E-state index is 9.55. The van der Waals surface area contributed by atoms with E-state index in [1.165, 1.54) is 0 Å². The third-order valence-corrected chi connectivity index (χ3v) is 1.93. The molecule has 0 fully saturated rings. The van der Waals surface area contributed by atoms with Gasteiger partial charge < -0.3 is 15.6 Å². The summed E-state index contributed by atoms with van der Waals surface area (Å²) in [4.78, 5) is 0. The number of phenols is 1. The molecule has 1 aromatic carbocycles. The Morgan fingerprint density at radius 1 is 1.54 bits per heavy atom. The number of aryl methyl sites for hydroxylation is 1. The molecule has 3 nitrogen and oxygen atoms in total. The molecule has 3 heteroatoms. The summed E-state index contributed by atoms with van der Waals surface area (Å²) in [7, 11) is 1.59. The van der Waals surface area contributed by atoms with Gasteiger partial charge in [-0.1, -0.05) is 12.1 Å². The highest BCUT2D eigenvalue weighted by Gasteiger charge is 2.09. The van der Waals surface area contributed by atoms with Crippen LogP contribution in [0, 0.1) is 6.92 Å². The van der Waals surface area contributed by atoms with Gasteiger partial charge in [-0.15, -0.1) is 0 Å². The summed E-state index contributed by atoms with van der Waals surface area (Å²) >= 11 is 0. The molecule has 0 heterocycles. The Bertz CT molecular complexity index is 286. The van der Waals surface area contributed by atoms with Gasteiger partial charge >= 0.3 is 0 Å². The maximum Gasteiger partial charge on any atom is 0.120 e. The van der Waals surface area contributed by atoms with Crippen LogP contribution in [0.1, 0.15) is 17.2 Å². The lowest BCUT2D eigenvalue weighted by Crippen LogP contribution is -2.16. The van der Waals surface area contributed by atoms with Crippen LogP contribution in [-0.4, -0.2) is 18.8 Å². The van der Waals surface area contributed by atoms with E-state index in [0.29, 0.717) is 6.61 Å². The van der Waals surface area contributed by atoms with Crippen LogP contribution in [-0.2, 0) is 4.74 Å². The van der Waals surface area contributed by atoms with Gasteiger partial charge in [-0.25, -0.2) is 0 Å². The molecule has 0 aliphatic carbocycles. The molecule has 0 unspecified atom stereocenters. The van der Waals surface area contributed by atoms with E-state index in [0.717, 1.165) is 11.1 Å². The van der Waals surface area contributed by atoms with Crippen LogP contribution in [0.5, 0.6) is 5.75 Å². The topological polar surface area (TPSA) is 55.5 Å². The molecule has 13 heavy (non-hydrogen) atoms. The largest absolute Gasteiger partial charge is 0.508 e. The first-order chi connectivity index (χ1) is 6.15. The van der Waals surface area contributed by atoms with E-state index in [4.69, 9.17) is 10.5 Å². The number of benzene rings is 1. The molecule has 1 rings (SSSR count). The van der Waals surface area contributed by atoms with Crippen molar-refractivity contribution in [3.63, 3.8) is 0 Å². The summed E-state index contributed by atoms with van der Waals surface area (Å²) in [5, 5.41) is 9.55. The number of aromatic hydroxyl groups is 1. The average molecular weight is 181 g/mol. The molecule has 0 aliphatic heterocycles. The molecule has 0 bridgehead atoms. The Morgan fingerprint density at radius 2 is 2.23 bits per heavy atom. The summed E-state index contributed by atoms with van der Waals surface area (Å²) in [5.74, 6) is 0.240. The molecule has 0 aliphatic rings. The minimum atomic E-state index is -0.259. The van der Waals surface area contributed by atoms with Gasteiger partial charge in [0.05, 0.1) is 12.6 Å². The molecule has 0 saturated carbocycles. The summed E-state index contributed by atoms with van der Waals surface area (Å²) in [6.07, 6.45) is 0. The number of ether oxygens (including phenoxy) is 1. The molecule has 72 valence electrons. The Balaban J connectivity index is 2.88. The molecule has 0 spiro atoms. The minimum absolute atomic E-state index is 0.240. The van der Waals surface area contributed by atoms with Gasteiger partial charge in [0, 0.05) is 12.7 Å². The van der Waals surface area contributed by atoms with Crippen molar-refractivity contribution in [2.75, 3.05) is 13.7 Å². The van der Waals surface area contributed by atoms with Gasteiger partial charge in [0.1, 0.15) is 5.75 Å². The molecule has 0 saturated heterocycles. The van der Waals surface area contributed by atoms with Crippen molar-refractivity contribution in [1.29, 1.82) is 0 Å². The fraction of sp³-hybridized carbons (Fsp3) is 0.400. The number of phenolic OH excluding ortho intramolecular Hbond substituents is 1. The van der Waals surface area contributed by atoms with E-state index in [1.807, 2.05) is 19.1 Å². The summed E-state index contributed by atoms with van der Waals surface area (Å²) in [6.45, 7) is 2.34. The molecule has 0 amide bonds. The third kappa shape index (κ3) is 2.44. The zero-order valence-electron chi connectivity index (χ0n) is 7.95. The third-order valence-electron chi connectivity index (χ3n) is 1.93. The molecular weight excluding hydrogens is 166 g/mol. The zero-order chi connectivity index (χ0) is 9.84. The number of methoxy groups -OCH3 is 1. The van der Waals surface area contributed by atoms with Crippen LogP contribution in [0.3, 0.4) is 0 Å². The van der Waals surface area contributed by atoms with Crippen LogP contribution in [0.2, 0.25) is 0 Å². The molecule has 3 N–H and O–H groups in total. The molecule has 0 radical (unpaired) electrons. The Labute approximate surface area is 78.1 Å². The fourth-order valence-electron chi connectivity index (χ4n) is 1.24. The monoisotopic (exact) mass is 181 g/mol. The molecule has 1 aromatic rings. The van der Waals surface area contributed by atoms with Crippen LogP contribution < -0.4 is 5.73 Å². The van der Waals surface area contributed by atoms with Crippen LogP contribution in [0.15, 0.2) is 18.2 Å². The lowest BCUT2D eigenvalue weighted by molar-refractivity contribution is 0.180. The second kappa shape index (κ2) is 4.25. The van der Waals surface area contributed by atoms with Gasteiger partial charge in [-0.05, 0) is 18.6 Å². The summed E-state index contributed by atoms with van der Waals surface area (Å²) < 4.78 is 4.91. The first kappa shape index (κ1) is 10.0. The van der Waals surface area contributed by atoms with Crippen molar-refractivity contribution >= 4 is 0 Å². The molecule has 1 atom stereocenters. The van der Waals surface area contributed by atoms with Gasteiger partial charge in [-0.2, -0.15) is 0 Å². The zero-order valence-corrected chi connectivity index (χ0v) is 7.95. The second-order valence-corrected chi connectivity index (χ2v) is 3.12. The van der Waals surface area contributed by atoms with E-state index in [2.05, 4.69) is 0 Å². The number of hydrogen-bond donors (Lipinski definition) is 2. The van der Waals surface area contributed by atoms with Crippen LogP contribution in [0.25, 0.3) is 0 Å². The van der Waals surface area contributed by atoms with Crippen molar-refractivity contribution in [3.8, 4) is 5.75 Å². The highest BCUT2D eigenvalue weighted by atomic mass is 16.5. The standard InChI is InChI=1S/C10H15NO2/c1-7-3-4-8(10(12)5-7)9(11)6-13-2/h3-5,9,12H,6,11H2,1-2H3/t9-/m0/s1. The summed E-state index contributed by atoms with van der Waals surface area (Å²) in [5.41, 5.74) is 7.52. The van der Waals surface area contributed by atoms with Gasteiger partial charge in [-0.3, -0.25) is 0 Å². The number of rotatable bonds is 3. The van der Waals surface area contributed by atoms with E-state index in [9.17, 15) is 5.11 Å². The van der Waals surface area contributed by atoms with E-state index < -0.39 is 0 Å². The van der Waals surface area contributed by atoms with Crippen LogP contribution in [0.4, 0.5) is 0 Å². The lowest BCUT2D eigenvalue weighted by atomic mass is 10.1. The normalized spacial score (nSPS) is 12.8. The smallest absolute Gasteiger partial charge is 0.120 e. The molecule has 0 aromatic heterocycles. The van der Waals surface area contributed by atoms with Gasteiger partial charge in [0.2, 0.25) is 0 Å². The fourth-order valence-corrected chi connectivity index (χ4v) is 1.24. The Hall–Kier alpha value is -1.06. The second-order valence-electron chi connectivity index (χ2n) is 3.12. The van der Waals surface area contributed by atoms with Crippen molar-refractivity contribution in [3.05, 3.63) is 29.3 Å². The van der Waals surface area contributed by atoms with Crippen molar-refractivity contribution in [1.82, 2.24) is 0 Å². The first-order valence-corrected chi connectivity index (χ1v) is 4.19. The predicted molar refractivity (Wildman–Crippen MR) is 51.6 cm³/mol.